The number of halogens is 1. The van der Waals surface area contributed by atoms with Crippen molar-refractivity contribution in [3.05, 3.63) is 0 Å². The maximum absolute atomic E-state index is 11.3. The molecule has 7 heteroatoms. The molecule has 6 nitrogen and oxygen atoms in total. The van der Waals surface area contributed by atoms with Crippen molar-refractivity contribution in [3.8, 4) is 0 Å². The van der Waals surface area contributed by atoms with Crippen molar-refractivity contribution in [1.82, 2.24) is 9.80 Å². The van der Waals surface area contributed by atoms with Gasteiger partial charge in [-0.15, -0.1) is 11.6 Å². The molecule has 0 aromatic heterocycles. The number of ether oxygens (including phenoxy) is 1. The van der Waals surface area contributed by atoms with E-state index >= 15 is 0 Å². The number of carbonyl (C=O) groups is 2. The molecule has 1 unspecified atom stereocenters. The first-order chi connectivity index (χ1) is 10.1. The summed E-state index contributed by atoms with van der Waals surface area (Å²) in [7, 11) is 1.40. The van der Waals surface area contributed by atoms with Crippen LogP contribution in [0.25, 0.3) is 0 Å². The number of carboxylic acid groups (broad SMARTS) is 1. The molecule has 1 amide bonds. The van der Waals surface area contributed by atoms with Gasteiger partial charge >= 0.3 is 12.1 Å². The summed E-state index contributed by atoms with van der Waals surface area (Å²) in [4.78, 5) is 25.4. The van der Waals surface area contributed by atoms with E-state index in [2.05, 4.69) is 4.90 Å². The van der Waals surface area contributed by atoms with Crippen LogP contribution >= 0.6 is 11.6 Å². The number of likely N-dealkylation sites (tertiary alicyclic amines) is 1. The lowest BCUT2D eigenvalue weighted by atomic mass is 10.2. The Morgan fingerprint density at radius 1 is 1.32 bits per heavy atom. The van der Waals surface area contributed by atoms with Crippen molar-refractivity contribution < 1.29 is 19.4 Å². The topological polar surface area (TPSA) is 70.1 Å². The van der Waals surface area contributed by atoms with Crippen LogP contribution in [-0.2, 0) is 9.53 Å². The standard InChI is InChI=1S/C9H17NO4.C6H12ClN/c1-6(7(11)12)10(5)8(13)14-9(2,3)4;7-3-6-8-4-1-2-5-8/h6H,1-5H3,(H,11,12);1-6H2. The molecule has 1 aliphatic heterocycles. The number of nitrogens with zero attached hydrogens (tertiary/aromatic N) is 2. The van der Waals surface area contributed by atoms with Gasteiger partial charge in [0.2, 0.25) is 0 Å². The summed E-state index contributed by atoms with van der Waals surface area (Å²) in [6.07, 6.45) is 2.11. The number of amides is 1. The van der Waals surface area contributed by atoms with Gasteiger partial charge in [0.1, 0.15) is 11.6 Å². The van der Waals surface area contributed by atoms with Crippen LogP contribution in [0.2, 0.25) is 0 Å². The number of carboxylic acids is 1. The highest BCUT2D eigenvalue weighted by atomic mass is 35.5. The molecule has 1 atom stereocenters. The first-order valence-corrected chi connectivity index (χ1v) is 8.09. The van der Waals surface area contributed by atoms with Gasteiger partial charge in [0.15, 0.2) is 0 Å². The van der Waals surface area contributed by atoms with Gasteiger partial charge in [0.05, 0.1) is 0 Å². The van der Waals surface area contributed by atoms with Crippen molar-refractivity contribution in [2.75, 3.05) is 32.6 Å². The summed E-state index contributed by atoms with van der Waals surface area (Å²) < 4.78 is 4.99. The third-order valence-electron chi connectivity index (χ3n) is 3.22. The molecule has 0 bridgehead atoms. The summed E-state index contributed by atoms with van der Waals surface area (Å²) in [6, 6.07) is -0.884. The van der Waals surface area contributed by atoms with E-state index in [4.69, 9.17) is 21.4 Å². The van der Waals surface area contributed by atoms with Gasteiger partial charge in [-0.1, -0.05) is 0 Å². The molecule has 0 spiro atoms. The van der Waals surface area contributed by atoms with E-state index in [0.717, 1.165) is 17.3 Å². The summed E-state index contributed by atoms with van der Waals surface area (Å²) >= 11 is 5.54. The molecule has 130 valence electrons. The van der Waals surface area contributed by atoms with Crippen molar-refractivity contribution in [1.29, 1.82) is 0 Å². The Balaban J connectivity index is 0.000000461. The second-order valence-corrected chi connectivity index (χ2v) is 6.72. The Kier molecular flexibility index (Phi) is 9.44. The Bertz CT molecular complexity index is 352. The SMILES string of the molecule is CC(C(=O)O)N(C)C(=O)OC(C)(C)C.ClCCN1CCCC1. The molecule has 0 aromatic carbocycles. The molecular weight excluding hydrogens is 308 g/mol. The van der Waals surface area contributed by atoms with Crippen molar-refractivity contribution in [3.63, 3.8) is 0 Å². The van der Waals surface area contributed by atoms with Gasteiger partial charge in [-0.25, -0.2) is 9.59 Å². The van der Waals surface area contributed by atoms with Gasteiger partial charge < -0.3 is 14.7 Å². The Hall–Kier alpha value is -1.01. The highest BCUT2D eigenvalue weighted by Gasteiger charge is 2.26. The molecule has 1 saturated heterocycles. The number of carbonyl (C=O) groups excluding carboxylic acids is 1. The zero-order valence-electron chi connectivity index (χ0n) is 14.3. The van der Waals surface area contributed by atoms with Crippen LogP contribution in [0.3, 0.4) is 0 Å². The van der Waals surface area contributed by atoms with Crippen LogP contribution in [0.4, 0.5) is 4.79 Å². The Morgan fingerprint density at radius 3 is 2.18 bits per heavy atom. The molecular formula is C15H29ClN2O4. The van der Waals surface area contributed by atoms with E-state index in [1.54, 1.807) is 20.8 Å². The summed E-state index contributed by atoms with van der Waals surface area (Å²) in [6.45, 7) is 10.2. The molecule has 0 aliphatic carbocycles. The largest absolute Gasteiger partial charge is 0.480 e. The van der Waals surface area contributed by atoms with Crippen molar-refractivity contribution >= 4 is 23.7 Å². The van der Waals surface area contributed by atoms with E-state index in [-0.39, 0.29) is 0 Å². The normalized spacial score (nSPS) is 16.5. The van der Waals surface area contributed by atoms with Gasteiger partial charge in [0.25, 0.3) is 0 Å². The first kappa shape index (κ1) is 21.0. The minimum Gasteiger partial charge on any atom is -0.480 e. The number of rotatable bonds is 4. The number of likely N-dealkylation sites (N-methyl/N-ethyl adjacent to an activating group) is 1. The monoisotopic (exact) mass is 336 g/mol. The summed E-state index contributed by atoms with van der Waals surface area (Å²) in [5, 5.41) is 8.65. The first-order valence-electron chi connectivity index (χ1n) is 7.55. The minimum absolute atomic E-state index is 0.608. The van der Waals surface area contributed by atoms with E-state index in [1.165, 1.54) is 39.9 Å². The summed E-state index contributed by atoms with van der Waals surface area (Å²) in [5.41, 5.74) is -0.608. The molecule has 0 saturated carbocycles. The molecule has 1 rings (SSSR count). The summed E-state index contributed by atoms with van der Waals surface area (Å²) in [5.74, 6) is -0.265. The van der Waals surface area contributed by atoms with E-state index in [9.17, 15) is 9.59 Å². The van der Waals surface area contributed by atoms with Gasteiger partial charge in [-0.3, -0.25) is 4.90 Å². The number of alkyl halides is 1. The fourth-order valence-electron chi connectivity index (χ4n) is 1.78. The van der Waals surface area contributed by atoms with Crippen LogP contribution < -0.4 is 0 Å². The zero-order chi connectivity index (χ0) is 17.3. The Labute approximate surface area is 138 Å². The highest BCUT2D eigenvalue weighted by molar-refractivity contribution is 6.18. The Morgan fingerprint density at radius 2 is 1.82 bits per heavy atom. The maximum Gasteiger partial charge on any atom is 0.410 e. The number of hydrogen-bond donors (Lipinski definition) is 1. The predicted octanol–water partition coefficient (Wildman–Crippen LogP) is 2.65. The van der Waals surface area contributed by atoms with E-state index in [1.807, 2.05) is 0 Å². The fraction of sp³-hybridized carbons (Fsp3) is 0.867. The lowest BCUT2D eigenvalue weighted by Gasteiger charge is -2.26. The molecule has 1 heterocycles. The third kappa shape index (κ3) is 9.10. The molecule has 22 heavy (non-hydrogen) atoms. The maximum atomic E-state index is 11.3. The lowest BCUT2D eigenvalue weighted by Crippen LogP contribution is -2.43. The van der Waals surface area contributed by atoms with E-state index in [0.29, 0.717) is 0 Å². The van der Waals surface area contributed by atoms with Gasteiger partial charge in [-0.05, 0) is 53.6 Å². The molecule has 0 radical (unpaired) electrons. The van der Waals surface area contributed by atoms with Gasteiger partial charge in [0, 0.05) is 19.5 Å². The van der Waals surface area contributed by atoms with Gasteiger partial charge in [-0.2, -0.15) is 0 Å². The lowest BCUT2D eigenvalue weighted by molar-refractivity contribution is -0.141. The third-order valence-corrected chi connectivity index (χ3v) is 3.39. The minimum atomic E-state index is -1.06. The van der Waals surface area contributed by atoms with Crippen molar-refractivity contribution in [2.24, 2.45) is 0 Å². The second kappa shape index (κ2) is 9.90. The van der Waals surface area contributed by atoms with Crippen LogP contribution in [0, 0.1) is 0 Å². The van der Waals surface area contributed by atoms with E-state index < -0.39 is 23.7 Å². The molecule has 1 aliphatic rings. The quantitative estimate of drug-likeness (QED) is 0.799. The molecule has 1 N–H and O–H groups in total. The second-order valence-electron chi connectivity index (χ2n) is 6.34. The van der Waals surface area contributed by atoms with Crippen LogP contribution in [0.1, 0.15) is 40.5 Å². The average molecular weight is 337 g/mol. The van der Waals surface area contributed by atoms with Crippen LogP contribution in [0.15, 0.2) is 0 Å². The van der Waals surface area contributed by atoms with Crippen molar-refractivity contribution in [2.45, 2.75) is 52.2 Å². The smallest absolute Gasteiger partial charge is 0.410 e. The molecule has 1 fully saturated rings. The fourth-order valence-corrected chi connectivity index (χ4v) is 2.02. The number of hydrogen-bond acceptors (Lipinski definition) is 4. The predicted molar refractivity (Wildman–Crippen MR) is 87.5 cm³/mol. The zero-order valence-corrected chi connectivity index (χ0v) is 15.0. The highest BCUT2D eigenvalue weighted by Crippen LogP contribution is 2.10. The molecule has 0 aromatic rings. The average Bonchev–Trinajstić information content (AvgIpc) is 2.89. The van der Waals surface area contributed by atoms with Crippen LogP contribution in [-0.4, -0.2) is 71.2 Å². The van der Waals surface area contributed by atoms with Crippen LogP contribution in [0.5, 0.6) is 0 Å². The number of aliphatic carboxylic acids is 1.